The van der Waals surface area contributed by atoms with Crippen molar-refractivity contribution < 1.29 is 28.7 Å². The highest BCUT2D eigenvalue weighted by atomic mass is 16.5. The van der Waals surface area contributed by atoms with E-state index in [1.807, 2.05) is 0 Å². The molecule has 0 spiro atoms. The number of carbonyl (C=O) groups is 4. The van der Waals surface area contributed by atoms with Crippen LogP contribution in [-0.4, -0.2) is 37.0 Å². The summed E-state index contributed by atoms with van der Waals surface area (Å²) in [5, 5.41) is 5.12. The average molecular weight is 384 g/mol. The first-order chi connectivity index (χ1) is 13.4. The lowest BCUT2D eigenvalue weighted by Crippen LogP contribution is -2.21. The van der Waals surface area contributed by atoms with Gasteiger partial charge in [0.25, 0.3) is 5.91 Å². The molecule has 0 saturated carbocycles. The van der Waals surface area contributed by atoms with Gasteiger partial charge in [0.2, 0.25) is 5.91 Å². The van der Waals surface area contributed by atoms with Crippen molar-refractivity contribution in [1.29, 1.82) is 0 Å². The fourth-order valence-corrected chi connectivity index (χ4v) is 2.24. The van der Waals surface area contributed by atoms with E-state index in [0.717, 1.165) is 0 Å². The summed E-state index contributed by atoms with van der Waals surface area (Å²) in [5.74, 6) is -1.94. The van der Waals surface area contributed by atoms with Crippen LogP contribution in [0.2, 0.25) is 0 Å². The smallest absolute Gasteiger partial charge is 0.338 e. The maximum atomic E-state index is 12.1. The Kier molecular flexibility index (Phi) is 7.27. The highest BCUT2D eigenvalue weighted by Crippen LogP contribution is 2.13. The normalized spacial score (nSPS) is 9.93. The van der Waals surface area contributed by atoms with Crippen molar-refractivity contribution in [2.45, 2.75) is 13.8 Å². The molecular formula is C20H20N2O6. The van der Waals surface area contributed by atoms with Gasteiger partial charge in [-0.2, -0.15) is 0 Å². The monoisotopic (exact) mass is 384 g/mol. The SMILES string of the molecule is CCOC(=O)c1ccc(NC(=O)COC(=O)c2cccc(NC(C)=O)c2)cc1. The van der Waals surface area contributed by atoms with Crippen LogP contribution in [0.15, 0.2) is 48.5 Å². The summed E-state index contributed by atoms with van der Waals surface area (Å²) in [6, 6.07) is 12.3. The molecule has 0 aliphatic carbocycles. The molecule has 2 rings (SSSR count). The van der Waals surface area contributed by atoms with Gasteiger partial charge in [-0.3, -0.25) is 9.59 Å². The number of hydrogen-bond acceptors (Lipinski definition) is 6. The van der Waals surface area contributed by atoms with Crippen LogP contribution >= 0.6 is 0 Å². The molecular weight excluding hydrogens is 364 g/mol. The van der Waals surface area contributed by atoms with E-state index in [1.54, 1.807) is 31.2 Å². The largest absolute Gasteiger partial charge is 0.462 e. The van der Waals surface area contributed by atoms with E-state index in [0.29, 0.717) is 16.9 Å². The number of nitrogens with one attached hydrogen (secondary N) is 2. The number of carbonyl (C=O) groups excluding carboxylic acids is 4. The molecule has 0 bridgehead atoms. The first-order valence-electron chi connectivity index (χ1n) is 8.51. The van der Waals surface area contributed by atoms with Gasteiger partial charge in [0, 0.05) is 18.3 Å². The Hall–Kier alpha value is -3.68. The number of rotatable bonds is 7. The Bertz CT molecular complexity index is 877. The molecule has 2 amide bonds. The number of amides is 2. The number of ether oxygens (including phenoxy) is 2. The topological polar surface area (TPSA) is 111 Å². The third-order valence-electron chi connectivity index (χ3n) is 3.43. The minimum Gasteiger partial charge on any atom is -0.462 e. The van der Waals surface area contributed by atoms with Gasteiger partial charge in [0.15, 0.2) is 6.61 Å². The number of esters is 2. The lowest BCUT2D eigenvalue weighted by atomic mass is 10.2. The van der Waals surface area contributed by atoms with E-state index in [2.05, 4.69) is 10.6 Å². The Morgan fingerprint density at radius 3 is 2.14 bits per heavy atom. The average Bonchev–Trinajstić information content (AvgIpc) is 2.66. The highest BCUT2D eigenvalue weighted by molar-refractivity contribution is 5.97. The van der Waals surface area contributed by atoms with Gasteiger partial charge in [-0.25, -0.2) is 9.59 Å². The summed E-state index contributed by atoms with van der Waals surface area (Å²) in [5.41, 5.74) is 1.47. The zero-order valence-electron chi connectivity index (χ0n) is 15.5. The van der Waals surface area contributed by atoms with Crippen LogP contribution in [0.3, 0.4) is 0 Å². The minimum atomic E-state index is -0.694. The number of anilines is 2. The summed E-state index contributed by atoms with van der Waals surface area (Å²) in [7, 11) is 0. The lowest BCUT2D eigenvalue weighted by molar-refractivity contribution is -0.119. The fraction of sp³-hybridized carbons (Fsp3) is 0.200. The van der Waals surface area contributed by atoms with Gasteiger partial charge in [-0.15, -0.1) is 0 Å². The van der Waals surface area contributed by atoms with Gasteiger partial charge in [0.05, 0.1) is 17.7 Å². The third-order valence-corrected chi connectivity index (χ3v) is 3.43. The fourth-order valence-electron chi connectivity index (χ4n) is 2.24. The third kappa shape index (κ3) is 6.24. The van der Waals surface area contributed by atoms with Gasteiger partial charge in [-0.1, -0.05) is 6.07 Å². The molecule has 0 atom stereocenters. The van der Waals surface area contributed by atoms with Crippen LogP contribution in [0.25, 0.3) is 0 Å². The minimum absolute atomic E-state index is 0.206. The molecule has 0 radical (unpaired) electrons. The van der Waals surface area contributed by atoms with E-state index in [4.69, 9.17) is 9.47 Å². The molecule has 8 nitrogen and oxygen atoms in total. The Balaban J connectivity index is 1.87. The van der Waals surface area contributed by atoms with E-state index in [9.17, 15) is 19.2 Å². The molecule has 0 saturated heterocycles. The van der Waals surface area contributed by atoms with Crippen molar-refractivity contribution in [3.05, 3.63) is 59.7 Å². The van der Waals surface area contributed by atoms with Crippen molar-refractivity contribution >= 4 is 35.1 Å². The molecule has 0 aliphatic heterocycles. The molecule has 0 aromatic heterocycles. The molecule has 0 aliphatic rings. The predicted octanol–water partition coefficient (Wildman–Crippen LogP) is 2.62. The lowest BCUT2D eigenvalue weighted by Gasteiger charge is -2.08. The molecule has 146 valence electrons. The molecule has 0 heterocycles. The molecule has 2 aromatic carbocycles. The predicted molar refractivity (Wildman–Crippen MR) is 102 cm³/mol. The van der Waals surface area contributed by atoms with E-state index in [1.165, 1.54) is 31.2 Å². The quantitative estimate of drug-likeness (QED) is 0.710. The summed E-state index contributed by atoms with van der Waals surface area (Å²) < 4.78 is 9.86. The zero-order chi connectivity index (χ0) is 20.5. The van der Waals surface area contributed by atoms with Gasteiger partial charge in [-0.05, 0) is 49.4 Å². The van der Waals surface area contributed by atoms with E-state index >= 15 is 0 Å². The van der Waals surface area contributed by atoms with E-state index in [-0.39, 0.29) is 18.1 Å². The van der Waals surface area contributed by atoms with Crippen LogP contribution < -0.4 is 10.6 Å². The van der Waals surface area contributed by atoms with Crippen molar-refractivity contribution in [1.82, 2.24) is 0 Å². The summed E-state index contributed by atoms with van der Waals surface area (Å²) in [6.07, 6.45) is 0. The Morgan fingerprint density at radius 2 is 1.50 bits per heavy atom. The number of hydrogen-bond donors (Lipinski definition) is 2. The first kappa shape index (κ1) is 20.6. The second-order valence-corrected chi connectivity index (χ2v) is 5.68. The number of benzene rings is 2. The van der Waals surface area contributed by atoms with Crippen molar-refractivity contribution in [2.75, 3.05) is 23.8 Å². The molecule has 0 unspecified atom stereocenters. The zero-order valence-corrected chi connectivity index (χ0v) is 15.5. The van der Waals surface area contributed by atoms with E-state index < -0.39 is 24.5 Å². The molecule has 2 aromatic rings. The van der Waals surface area contributed by atoms with Gasteiger partial charge < -0.3 is 20.1 Å². The Labute approximate surface area is 161 Å². The molecule has 28 heavy (non-hydrogen) atoms. The van der Waals surface area contributed by atoms with Gasteiger partial charge in [0.1, 0.15) is 0 Å². The Morgan fingerprint density at radius 1 is 0.821 bits per heavy atom. The maximum Gasteiger partial charge on any atom is 0.338 e. The van der Waals surface area contributed by atoms with Crippen LogP contribution in [0.1, 0.15) is 34.6 Å². The van der Waals surface area contributed by atoms with Crippen molar-refractivity contribution in [3.63, 3.8) is 0 Å². The van der Waals surface area contributed by atoms with Crippen LogP contribution in [-0.2, 0) is 19.1 Å². The van der Waals surface area contributed by atoms with Gasteiger partial charge >= 0.3 is 11.9 Å². The highest BCUT2D eigenvalue weighted by Gasteiger charge is 2.12. The first-order valence-corrected chi connectivity index (χ1v) is 8.51. The van der Waals surface area contributed by atoms with Crippen LogP contribution in [0.5, 0.6) is 0 Å². The second-order valence-electron chi connectivity index (χ2n) is 5.68. The summed E-state index contributed by atoms with van der Waals surface area (Å²) >= 11 is 0. The second kappa shape index (κ2) is 9.86. The summed E-state index contributed by atoms with van der Waals surface area (Å²) in [4.78, 5) is 46.7. The molecule has 0 fully saturated rings. The van der Waals surface area contributed by atoms with Crippen molar-refractivity contribution in [3.8, 4) is 0 Å². The molecule has 2 N–H and O–H groups in total. The maximum absolute atomic E-state index is 12.1. The van der Waals surface area contributed by atoms with Crippen LogP contribution in [0, 0.1) is 0 Å². The summed E-state index contributed by atoms with van der Waals surface area (Å²) in [6.45, 7) is 2.86. The van der Waals surface area contributed by atoms with Crippen molar-refractivity contribution in [2.24, 2.45) is 0 Å². The molecule has 8 heteroatoms. The van der Waals surface area contributed by atoms with Crippen LogP contribution in [0.4, 0.5) is 11.4 Å². The standard InChI is InChI=1S/C20H20N2O6/c1-3-27-19(25)14-7-9-16(10-8-14)22-18(24)12-28-20(26)15-5-4-6-17(11-15)21-13(2)23/h4-11H,3,12H2,1-2H3,(H,21,23)(H,22,24).